The van der Waals surface area contributed by atoms with Gasteiger partial charge < -0.3 is 10.1 Å². The molecule has 0 amide bonds. The van der Waals surface area contributed by atoms with Crippen molar-refractivity contribution in [1.82, 2.24) is 5.32 Å². The number of nitrogens with one attached hydrogen (secondary N) is 1. The highest BCUT2D eigenvalue weighted by Gasteiger charge is 2.17. The maximum absolute atomic E-state index is 10.7. The monoisotopic (exact) mass is 143 g/mol. The summed E-state index contributed by atoms with van der Waals surface area (Å²) in [5.74, 6) is 0.187. The molecule has 0 saturated carbocycles. The Kier molecular flexibility index (Phi) is 2.83. The molecule has 0 atom stereocenters. The lowest BCUT2D eigenvalue weighted by molar-refractivity contribution is -0.126. The fourth-order valence-electron chi connectivity index (χ4n) is 0.693. The molecule has 0 aromatic carbocycles. The van der Waals surface area contributed by atoms with Gasteiger partial charge in [-0.1, -0.05) is 6.92 Å². The molecular weight excluding hydrogens is 130 g/mol. The lowest BCUT2D eigenvalue weighted by atomic mass is 10.2. The normalized spacial score (nSPS) is 18.5. The fourth-order valence-corrected chi connectivity index (χ4v) is 0.693. The molecule has 1 rings (SSSR count). The van der Waals surface area contributed by atoms with Crippen LogP contribution in [-0.2, 0) is 9.53 Å². The van der Waals surface area contributed by atoms with Gasteiger partial charge in [-0.2, -0.15) is 0 Å². The van der Waals surface area contributed by atoms with E-state index in [4.69, 9.17) is 4.74 Å². The molecule has 58 valence electrons. The Morgan fingerprint density at radius 3 is 2.80 bits per heavy atom. The van der Waals surface area contributed by atoms with Gasteiger partial charge in [-0.15, -0.1) is 0 Å². The van der Waals surface area contributed by atoms with Gasteiger partial charge in [0.15, 0.2) is 5.78 Å². The molecule has 1 fully saturated rings. The van der Waals surface area contributed by atoms with Crippen molar-refractivity contribution in [2.24, 2.45) is 0 Å². The van der Waals surface area contributed by atoms with E-state index in [1.165, 1.54) is 0 Å². The Hall–Kier alpha value is -0.410. The van der Waals surface area contributed by atoms with Crippen molar-refractivity contribution >= 4 is 5.78 Å². The van der Waals surface area contributed by atoms with Crippen LogP contribution in [0, 0.1) is 0 Å². The summed E-state index contributed by atoms with van der Waals surface area (Å²) < 4.78 is 5.22. The number of ketones is 1. The van der Waals surface area contributed by atoms with Crippen LogP contribution in [0.15, 0.2) is 0 Å². The molecule has 3 heteroatoms. The van der Waals surface area contributed by atoms with Gasteiger partial charge in [0, 0.05) is 19.5 Å². The predicted molar refractivity (Wildman–Crippen MR) is 37.9 cm³/mol. The second kappa shape index (κ2) is 3.68. The van der Waals surface area contributed by atoms with Crippen LogP contribution in [0.5, 0.6) is 0 Å². The van der Waals surface area contributed by atoms with Crippen molar-refractivity contribution < 1.29 is 9.53 Å². The summed E-state index contributed by atoms with van der Waals surface area (Å²) >= 11 is 0. The number of hydrogen-bond donors (Lipinski definition) is 1. The van der Waals surface area contributed by atoms with E-state index in [1.807, 2.05) is 6.92 Å². The van der Waals surface area contributed by atoms with Crippen molar-refractivity contribution in [3.05, 3.63) is 0 Å². The first-order valence-electron chi connectivity index (χ1n) is 3.67. The highest BCUT2D eigenvalue weighted by Crippen LogP contribution is 1.97. The van der Waals surface area contributed by atoms with Gasteiger partial charge >= 0.3 is 0 Å². The first-order valence-corrected chi connectivity index (χ1v) is 3.67. The Morgan fingerprint density at radius 2 is 2.40 bits per heavy atom. The van der Waals surface area contributed by atoms with Gasteiger partial charge in [-0.05, 0) is 0 Å². The Bertz CT molecular complexity index is 121. The fraction of sp³-hybridized carbons (Fsp3) is 0.857. The van der Waals surface area contributed by atoms with Crippen LogP contribution in [-0.4, -0.2) is 31.6 Å². The Labute approximate surface area is 60.7 Å². The SMILES string of the molecule is CCC(=O)COC1CNC1. The van der Waals surface area contributed by atoms with Gasteiger partial charge in [0.1, 0.15) is 6.61 Å². The van der Waals surface area contributed by atoms with Crippen molar-refractivity contribution in [1.29, 1.82) is 0 Å². The van der Waals surface area contributed by atoms with E-state index in [0.717, 1.165) is 13.1 Å². The van der Waals surface area contributed by atoms with Crippen LogP contribution in [0.25, 0.3) is 0 Å². The highest BCUT2D eigenvalue weighted by atomic mass is 16.5. The molecule has 0 bridgehead atoms. The molecule has 0 spiro atoms. The van der Waals surface area contributed by atoms with Crippen molar-refractivity contribution in [2.45, 2.75) is 19.4 Å². The molecule has 0 unspecified atom stereocenters. The zero-order chi connectivity index (χ0) is 7.40. The molecule has 1 aliphatic heterocycles. The van der Waals surface area contributed by atoms with Crippen LogP contribution >= 0.6 is 0 Å². The molecule has 0 aromatic heterocycles. The summed E-state index contributed by atoms with van der Waals surface area (Å²) in [7, 11) is 0. The van der Waals surface area contributed by atoms with Gasteiger partial charge in [-0.3, -0.25) is 4.79 Å². The highest BCUT2D eigenvalue weighted by molar-refractivity contribution is 5.79. The molecule has 0 aliphatic carbocycles. The number of rotatable bonds is 4. The number of carbonyl (C=O) groups is 1. The van der Waals surface area contributed by atoms with Gasteiger partial charge in [0.2, 0.25) is 0 Å². The lowest BCUT2D eigenvalue weighted by Gasteiger charge is -2.26. The quantitative estimate of drug-likeness (QED) is 0.600. The van der Waals surface area contributed by atoms with E-state index in [-0.39, 0.29) is 11.9 Å². The molecule has 1 heterocycles. The van der Waals surface area contributed by atoms with Crippen LogP contribution < -0.4 is 5.32 Å². The largest absolute Gasteiger partial charge is 0.368 e. The van der Waals surface area contributed by atoms with Crippen LogP contribution in [0.2, 0.25) is 0 Å². The third-order valence-electron chi connectivity index (χ3n) is 1.62. The summed E-state index contributed by atoms with van der Waals surface area (Å²) in [5, 5.41) is 3.07. The zero-order valence-corrected chi connectivity index (χ0v) is 6.22. The predicted octanol–water partition coefficient (Wildman–Crippen LogP) is -0.0461. The molecule has 1 aliphatic rings. The molecule has 1 saturated heterocycles. The average molecular weight is 143 g/mol. The minimum Gasteiger partial charge on any atom is -0.368 e. The Morgan fingerprint density at radius 1 is 1.70 bits per heavy atom. The summed E-state index contributed by atoms with van der Waals surface area (Å²) in [5.41, 5.74) is 0. The minimum atomic E-state index is 0.187. The third kappa shape index (κ3) is 2.08. The van der Waals surface area contributed by atoms with E-state index in [0.29, 0.717) is 13.0 Å². The molecular formula is C7H13NO2. The summed E-state index contributed by atoms with van der Waals surface area (Å²) in [4.78, 5) is 10.7. The third-order valence-corrected chi connectivity index (χ3v) is 1.62. The summed E-state index contributed by atoms with van der Waals surface area (Å²) in [6.07, 6.45) is 0.871. The van der Waals surface area contributed by atoms with E-state index >= 15 is 0 Å². The average Bonchev–Trinajstić information content (AvgIpc) is 1.84. The maximum atomic E-state index is 10.7. The lowest BCUT2D eigenvalue weighted by Crippen LogP contribution is -2.49. The first kappa shape index (κ1) is 7.69. The second-order valence-corrected chi connectivity index (χ2v) is 2.48. The van der Waals surface area contributed by atoms with Crippen LogP contribution in [0.1, 0.15) is 13.3 Å². The molecule has 10 heavy (non-hydrogen) atoms. The van der Waals surface area contributed by atoms with Gasteiger partial charge in [0.05, 0.1) is 6.10 Å². The van der Waals surface area contributed by atoms with Gasteiger partial charge in [0.25, 0.3) is 0 Å². The Balaban J connectivity index is 1.98. The second-order valence-electron chi connectivity index (χ2n) is 2.48. The molecule has 1 N–H and O–H groups in total. The number of carbonyl (C=O) groups excluding carboxylic acids is 1. The van der Waals surface area contributed by atoms with Crippen LogP contribution in [0.4, 0.5) is 0 Å². The van der Waals surface area contributed by atoms with Crippen molar-refractivity contribution in [3.8, 4) is 0 Å². The topological polar surface area (TPSA) is 38.3 Å². The van der Waals surface area contributed by atoms with E-state index in [9.17, 15) is 4.79 Å². The van der Waals surface area contributed by atoms with Gasteiger partial charge in [-0.25, -0.2) is 0 Å². The van der Waals surface area contributed by atoms with Crippen molar-refractivity contribution in [3.63, 3.8) is 0 Å². The van der Waals surface area contributed by atoms with E-state index in [2.05, 4.69) is 5.32 Å². The number of hydrogen-bond acceptors (Lipinski definition) is 3. The smallest absolute Gasteiger partial charge is 0.158 e. The molecule has 3 nitrogen and oxygen atoms in total. The maximum Gasteiger partial charge on any atom is 0.158 e. The first-order chi connectivity index (χ1) is 4.83. The summed E-state index contributed by atoms with van der Waals surface area (Å²) in [6.45, 7) is 3.95. The minimum absolute atomic E-state index is 0.187. The molecule has 0 radical (unpaired) electrons. The van der Waals surface area contributed by atoms with E-state index < -0.39 is 0 Å². The number of Topliss-reactive ketones (excluding diaryl/α,β-unsaturated/α-hetero) is 1. The molecule has 0 aromatic rings. The van der Waals surface area contributed by atoms with Crippen LogP contribution in [0.3, 0.4) is 0 Å². The van der Waals surface area contributed by atoms with Crippen molar-refractivity contribution in [2.75, 3.05) is 19.7 Å². The zero-order valence-electron chi connectivity index (χ0n) is 6.22. The van der Waals surface area contributed by atoms with E-state index in [1.54, 1.807) is 0 Å². The summed E-state index contributed by atoms with van der Waals surface area (Å²) in [6, 6.07) is 0. The standard InChI is InChI=1S/C7H13NO2/c1-2-6(9)5-10-7-3-8-4-7/h7-8H,2-5H2,1H3. The number of ether oxygens (including phenoxy) is 1.